The fourth-order valence-corrected chi connectivity index (χ4v) is 6.40. The quantitative estimate of drug-likeness (QED) is 0.481. The highest BCUT2D eigenvalue weighted by molar-refractivity contribution is 5.91. The highest BCUT2D eigenvalue weighted by Gasteiger charge is 2.52. The van der Waals surface area contributed by atoms with Crippen LogP contribution in [0.5, 0.6) is 0 Å². The van der Waals surface area contributed by atoms with Crippen LogP contribution in [0.1, 0.15) is 69.5 Å². The van der Waals surface area contributed by atoms with Gasteiger partial charge in [0.1, 0.15) is 5.82 Å². The number of nitrogens with two attached hydrogens (primary N) is 2. The van der Waals surface area contributed by atoms with Crippen molar-refractivity contribution in [1.82, 2.24) is 10.2 Å². The third-order valence-electron chi connectivity index (χ3n) is 8.15. The molecule has 0 aromatic heterocycles. The Labute approximate surface area is 191 Å². The van der Waals surface area contributed by atoms with Crippen molar-refractivity contribution in [2.75, 3.05) is 26.2 Å². The van der Waals surface area contributed by atoms with Crippen molar-refractivity contribution in [2.45, 2.75) is 63.8 Å². The van der Waals surface area contributed by atoms with Crippen molar-refractivity contribution in [1.29, 1.82) is 0 Å². The van der Waals surface area contributed by atoms with Gasteiger partial charge in [-0.2, -0.15) is 0 Å². The zero-order chi connectivity index (χ0) is 22.9. The average Bonchev–Trinajstić information content (AvgIpc) is 2.78. The topological polar surface area (TPSA) is 96.7 Å². The van der Waals surface area contributed by atoms with E-state index in [1.165, 1.54) is 6.07 Å². The van der Waals surface area contributed by atoms with E-state index < -0.39 is 5.41 Å². The lowest BCUT2D eigenvalue weighted by Crippen LogP contribution is -2.58. The summed E-state index contributed by atoms with van der Waals surface area (Å²) in [5.41, 5.74) is 12.6. The number of nitrogens with one attached hydrogen (secondary N) is 1. The highest BCUT2D eigenvalue weighted by atomic mass is 19.1. The van der Waals surface area contributed by atoms with Crippen LogP contribution in [0.2, 0.25) is 0 Å². The first-order valence-electron chi connectivity index (χ1n) is 12.2. The lowest BCUT2D eigenvalue weighted by Gasteiger charge is -2.52. The molecule has 1 saturated carbocycles. The van der Waals surface area contributed by atoms with E-state index in [1.54, 1.807) is 6.07 Å². The average molecular weight is 444 g/mol. The second-order valence-corrected chi connectivity index (χ2v) is 10.2. The van der Waals surface area contributed by atoms with E-state index >= 15 is 0 Å². The van der Waals surface area contributed by atoms with Crippen molar-refractivity contribution in [2.24, 2.45) is 34.2 Å². The Morgan fingerprint density at radius 3 is 2.53 bits per heavy atom. The number of rotatable bonds is 5. The molecule has 2 fully saturated rings. The maximum atomic E-state index is 14.6. The molecule has 1 aromatic rings. The molecule has 1 aliphatic carbocycles. The molecule has 1 spiro atoms. The standard InChI is InChI=1S/C25H38FN5O/c1-16(2)17-3-5-18(6-4-17)22-20-15-19(26)7-8-21(20)25(9-11-29-12-10-25)23(32)31(22)14-13-30-24(27)28/h7-8,15-18,22,29H,3-6,9-14H2,1-2H3,(H4,27,28,30). The molecule has 1 atom stereocenters. The Hall–Kier alpha value is -2.15. The zero-order valence-corrected chi connectivity index (χ0v) is 19.4. The minimum atomic E-state index is -0.585. The van der Waals surface area contributed by atoms with E-state index in [2.05, 4.69) is 24.2 Å². The number of hydrogen-bond donors (Lipinski definition) is 3. The fourth-order valence-electron chi connectivity index (χ4n) is 6.40. The van der Waals surface area contributed by atoms with Gasteiger partial charge in [-0.15, -0.1) is 0 Å². The van der Waals surface area contributed by atoms with Gasteiger partial charge in [0.05, 0.1) is 18.0 Å². The second-order valence-electron chi connectivity index (χ2n) is 10.2. The third kappa shape index (κ3) is 4.24. The van der Waals surface area contributed by atoms with Gasteiger partial charge in [0.15, 0.2) is 5.96 Å². The number of hydrogen-bond acceptors (Lipinski definition) is 3. The van der Waals surface area contributed by atoms with Crippen LogP contribution in [0.3, 0.4) is 0 Å². The predicted octanol–water partition coefficient (Wildman–Crippen LogP) is 3.07. The number of benzene rings is 1. The number of carbonyl (C=O) groups excluding carboxylic acids is 1. The fraction of sp³-hybridized carbons (Fsp3) is 0.680. The van der Waals surface area contributed by atoms with Crippen LogP contribution in [-0.2, 0) is 10.2 Å². The molecule has 176 valence electrons. The molecule has 1 unspecified atom stereocenters. The number of nitrogens with zero attached hydrogens (tertiary/aromatic N) is 2. The van der Waals surface area contributed by atoms with Crippen molar-refractivity contribution in [3.63, 3.8) is 0 Å². The summed E-state index contributed by atoms with van der Waals surface area (Å²) in [7, 11) is 0. The molecule has 1 saturated heterocycles. The molecule has 2 aliphatic heterocycles. The molecule has 2 heterocycles. The maximum absolute atomic E-state index is 14.6. The van der Waals surface area contributed by atoms with E-state index in [-0.39, 0.29) is 23.7 Å². The first-order valence-corrected chi connectivity index (χ1v) is 12.2. The van der Waals surface area contributed by atoms with E-state index in [0.717, 1.165) is 68.7 Å². The second kappa shape index (κ2) is 9.38. The number of fused-ring (bicyclic) bond motifs is 2. The number of halogens is 1. The molecule has 0 bridgehead atoms. The molecule has 3 aliphatic rings. The lowest BCUT2D eigenvalue weighted by atomic mass is 9.63. The molecule has 0 radical (unpaired) electrons. The summed E-state index contributed by atoms with van der Waals surface area (Å²) in [6, 6.07) is 4.99. The predicted molar refractivity (Wildman–Crippen MR) is 126 cm³/mol. The number of guanidine groups is 1. The minimum absolute atomic E-state index is 0.0338. The van der Waals surface area contributed by atoms with Crippen LogP contribution < -0.4 is 16.8 Å². The summed E-state index contributed by atoms with van der Waals surface area (Å²) in [5.74, 6) is 1.69. The molecule has 4 rings (SSSR count). The van der Waals surface area contributed by atoms with Crippen LogP contribution >= 0.6 is 0 Å². The largest absolute Gasteiger partial charge is 0.370 e. The highest BCUT2D eigenvalue weighted by Crippen LogP contribution is 2.51. The molecule has 5 N–H and O–H groups in total. The van der Waals surface area contributed by atoms with Crippen molar-refractivity contribution >= 4 is 11.9 Å². The Bertz CT molecular complexity index is 852. The minimum Gasteiger partial charge on any atom is -0.370 e. The molecule has 1 aromatic carbocycles. The van der Waals surface area contributed by atoms with Crippen LogP contribution in [0.15, 0.2) is 23.2 Å². The van der Waals surface area contributed by atoms with Crippen LogP contribution in [-0.4, -0.2) is 42.9 Å². The van der Waals surface area contributed by atoms with Gasteiger partial charge in [0, 0.05) is 6.54 Å². The summed E-state index contributed by atoms with van der Waals surface area (Å²) in [6.07, 6.45) is 5.91. The SMILES string of the molecule is CC(C)C1CCC(C2c3cc(F)ccc3C3(CCNCC3)C(=O)N2CCN=C(N)N)CC1. The monoisotopic (exact) mass is 443 g/mol. The van der Waals surface area contributed by atoms with Crippen LogP contribution in [0.25, 0.3) is 0 Å². The molecule has 1 amide bonds. The van der Waals surface area contributed by atoms with Crippen LogP contribution in [0, 0.1) is 23.6 Å². The van der Waals surface area contributed by atoms with E-state index in [4.69, 9.17) is 11.5 Å². The molecule has 6 nitrogen and oxygen atoms in total. The van der Waals surface area contributed by atoms with Gasteiger partial charge < -0.3 is 21.7 Å². The van der Waals surface area contributed by atoms with E-state index in [9.17, 15) is 9.18 Å². The smallest absolute Gasteiger partial charge is 0.233 e. The van der Waals surface area contributed by atoms with E-state index in [1.807, 2.05) is 11.0 Å². The lowest BCUT2D eigenvalue weighted by molar-refractivity contribution is -0.145. The Kier molecular flexibility index (Phi) is 6.75. The summed E-state index contributed by atoms with van der Waals surface area (Å²) in [4.78, 5) is 20.3. The molecule has 32 heavy (non-hydrogen) atoms. The Morgan fingerprint density at radius 2 is 1.91 bits per heavy atom. The Balaban J connectivity index is 1.75. The summed E-state index contributed by atoms with van der Waals surface area (Å²) in [6.45, 7) is 6.98. The van der Waals surface area contributed by atoms with Gasteiger partial charge in [-0.25, -0.2) is 4.39 Å². The van der Waals surface area contributed by atoms with Gasteiger partial charge in [-0.05, 0) is 92.6 Å². The zero-order valence-electron chi connectivity index (χ0n) is 19.4. The third-order valence-corrected chi connectivity index (χ3v) is 8.15. The van der Waals surface area contributed by atoms with Crippen molar-refractivity contribution in [3.05, 3.63) is 35.1 Å². The first-order chi connectivity index (χ1) is 15.3. The number of carbonyl (C=O) groups is 1. The van der Waals surface area contributed by atoms with Gasteiger partial charge in [0.25, 0.3) is 0 Å². The van der Waals surface area contributed by atoms with Gasteiger partial charge in [-0.3, -0.25) is 9.79 Å². The molecular formula is C25H38FN5O. The van der Waals surface area contributed by atoms with Gasteiger partial charge in [0.2, 0.25) is 5.91 Å². The summed E-state index contributed by atoms with van der Waals surface area (Å²) in [5, 5.41) is 3.38. The number of piperidine rings is 1. The van der Waals surface area contributed by atoms with Crippen molar-refractivity contribution in [3.8, 4) is 0 Å². The Morgan fingerprint density at radius 1 is 1.22 bits per heavy atom. The molecular weight excluding hydrogens is 405 g/mol. The normalized spacial score (nSPS) is 27.4. The summed E-state index contributed by atoms with van der Waals surface area (Å²) >= 11 is 0. The maximum Gasteiger partial charge on any atom is 0.233 e. The van der Waals surface area contributed by atoms with Gasteiger partial charge in [-0.1, -0.05) is 19.9 Å². The van der Waals surface area contributed by atoms with Gasteiger partial charge >= 0.3 is 0 Å². The molecule has 7 heteroatoms. The van der Waals surface area contributed by atoms with E-state index in [0.29, 0.717) is 24.9 Å². The number of aliphatic imine (C=N–C) groups is 1. The summed E-state index contributed by atoms with van der Waals surface area (Å²) < 4.78 is 14.6. The number of amides is 1. The van der Waals surface area contributed by atoms with Crippen LogP contribution in [0.4, 0.5) is 4.39 Å². The van der Waals surface area contributed by atoms with Crippen molar-refractivity contribution < 1.29 is 9.18 Å². The first kappa shape index (κ1) is 23.0.